The largest absolute Gasteiger partial charge is 0.480 e. The Bertz CT molecular complexity index is 1260. The van der Waals surface area contributed by atoms with Crippen LogP contribution in [0.5, 0.6) is 11.6 Å². The summed E-state index contributed by atoms with van der Waals surface area (Å²) in [5.74, 6) is -0.888. The van der Waals surface area contributed by atoms with Crippen LogP contribution in [0.2, 0.25) is 5.02 Å². The summed E-state index contributed by atoms with van der Waals surface area (Å²) in [5.41, 5.74) is 0.874. The van der Waals surface area contributed by atoms with Crippen LogP contribution in [0.15, 0.2) is 48.7 Å². The lowest BCUT2D eigenvalue weighted by atomic mass is 10.1. The highest BCUT2D eigenvalue weighted by molar-refractivity contribution is 6.35. The van der Waals surface area contributed by atoms with Gasteiger partial charge in [0.1, 0.15) is 28.7 Å². The lowest BCUT2D eigenvalue weighted by Crippen LogP contribution is -2.03. The molecule has 9 heteroatoms. The zero-order valence-electron chi connectivity index (χ0n) is 15.6. The summed E-state index contributed by atoms with van der Waals surface area (Å²) >= 11 is 6.35. The van der Waals surface area contributed by atoms with E-state index in [-0.39, 0.29) is 28.7 Å². The Balaban J connectivity index is 1.99. The normalized spacial score (nSPS) is 10.8. The van der Waals surface area contributed by atoms with Crippen LogP contribution < -0.4 is 9.47 Å². The van der Waals surface area contributed by atoms with Crippen LogP contribution in [0.25, 0.3) is 27.8 Å². The second-order valence-corrected chi connectivity index (χ2v) is 6.55. The number of rotatable bonds is 5. The minimum Gasteiger partial charge on any atom is -0.480 e. The first-order valence-electron chi connectivity index (χ1n) is 8.71. The first kappa shape index (κ1) is 19.6. The molecule has 0 amide bonds. The van der Waals surface area contributed by atoms with Crippen LogP contribution >= 0.6 is 11.6 Å². The maximum absolute atomic E-state index is 14.5. The number of pyridine rings is 1. The molecule has 4 aromatic rings. The Kier molecular flexibility index (Phi) is 5.21. The fraction of sp³-hybridized carbons (Fsp3) is 0.0952. The third-order valence-corrected chi connectivity index (χ3v) is 4.67. The third-order valence-electron chi connectivity index (χ3n) is 4.39. The maximum atomic E-state index is 14.5. The van der Waals surface area contributed by atoms with E-state index in [2.05, 4.69) is 10.1 Å². The summed E-state index contributed by atoms with van der Waals surface area (Å²) in [6.45, 7) is -0.0865. The summed E-state index contributed by atoms with van der Waals surface area (Å²) in [5, 5.41) is 13.6. The van der Waals surface area contributed by atoms with Gasteiger partial charge in [0.25, 0.3) is 0 Å². The van der Waals surface area contributed by atoms with Crippen molar-refractivity contribution in [3.63, 3.8) is 0 Å². The Labute approximate surface area is 174 Å². The highest BCUT2D eigenvalue weighted by Crippen LogP contribution is 2.39. The van der Waals surface area contributed by atoms with E-state index >= 15 is 0 Å². The van der Waals surface area contributed by atoms with E-state index in [4.69, 9.17) is 26.3 Å². The Hall–Kier alpha value is -3.70. The lowest BCUT2D eigenvalue weighted by molar-refractivity contribution is 0.368. The number of methoxy groups -OCH3 is 1. The number of ether oxygens (including phenoxy) is 2. The van der Waals surface area contributed by atoms with Crippen molar-refractivity contribution < 1.29 is 18.3 Å². The van der Waals surface area contributed by atoms with E-state index in [1.165, 1.54) is 19.4 Å². The molecule has 0 bridgehead atoms. The molecule has 6 nitrogen and oxygen atoms in total. The molecule has 0 atom stereocenters. The van der Waals surface area contributed by atoms with Gasteiger partial charge in [0.2, 0.25) is 5.88 Å². The summed E-state index contributed by atoms with van der Waals surface area (Å²) in [6.07, 6.45) is 1.34. The van der Waals surface area contributed by atoms with Gasteiger partial charge < -0.3 is 9.47 Å². The van der Waals surface area contributed by atoms with Crippen LogP contribution in [-0.4, -0.2) is 28.5 Å². The van der Waals surface area contributed by atoms with Gasteiger partial charge in [0.15, 0.2) is 18.2 Å². The van der Waals surface area contributed by atoms with Crippen molar-refractivity contribution in [2.45, 2.75) is 0 Å². The molecule has 2 heterocycles. The van der Waals surface area contributed by atoms with E-state index in [9.17, 15) is 8.78 Å². The van der Waals surface area contributed by atoms with Gasteiger partial charge in [-0.25, -0.2) is 18.4 Å². The van der Waals surface area contributed by atoms with Crippen LogP contribution in [0.3, 0.4) is 0 Å². The van der Waals surface area contributed by atoms with E-state index in [0.717, 1.165) is 16.8 Å². The molecule has 2 aromatic carbocycles. The van der Waals surface area contributed by atoms with Gasteiger partial charge >= 0.3 is 0 Å². The predicted octanol–water partition coefficient (Wildman–Crippen LogP) is 4.93. The van der Waals surface area contributed by atoms with Crippen LogP contribution in [0.4, 0.5) is 8.78 Å². The van der Waals surface area contributed by atoms with E-state index in [1.807, 2.05) is 6.07 Å². The number of halogens is 3. The number of hydrogen-bond donors (Lipinski definition) is 0. The summed E-state index contributed by atoms with van der Waals surface area (Å²) in [4.78, 5) is 4.17. The van der Waals surface area contributed by atoms with Crippen molar-refractivity contribution in [2.24, 2.45) is 0 Å². The summed E-state index contributed by atoms with van der Waals surface area (Å²) in [7, 11) is 1.43. The molecule has 0 radical (unpaired) electrons. The maximum Gasteiger partial charge on any atom is 0.225 e. The zero-order chi connectivity index (χ0) is 21.3. The van der Waals surface area contributed by atoms with Crippen molar-refractivity contribution >= 4 is 22.5 Å². The molecule has 0 saturated heterocycles. The molecular weight excluding hydrogens is 414 g/mol. The molecule has 0 N–H and O–H groups in total. The molecule has 0 aliphatic carbocycles. The molecule has 0 spiro atoms. The van der Waals surface area contributed by atoms with Gasteiger partial charge in [-0.05, 0) is 36.4 Å². The lowest BCUT2D eigenvalue weighted by Gasteiger charge is -2.08. The SMILES string of the molecule is COc1ncc(Cl)c2c1c(-c1ccc(OCC#N)cc1)nn2-c1c(F)cccc1F. The van der Waals surface area contributed by atoms with E-state index in [1.54, 1.807) is 24.3 Å². The van der Waals surface area contributed by atoms with Gasteiger partial charge in [-0.3, -0.25) is 0 Å². The van der Waals surface area contributed by atoms with E-state index < -0.39 is 11.6 Å². The number of aromatic nitrogens is 3. The Morgan fingerprint density at radius 3 is 2.47 bits per heavy atom. The average Bonchev–Trinajstić information content (AvgIpc) is 3.14. The molecule has 2 aromatic heterocycles. The quantitative estimate of drug-likeness (QED) is 0.452. The second-order valence-electron chi connectivity index (χ2n) is 6.14. The number of benzene rings is 2. The average molecular weight is 427 g/mol. The van der Waals surface area contributed by atoms with Gasteiger partial charge in [-0.1, -0.05) is 17.7 Å². The molecular formula is C21H13ClF2N4O2. The predicted molar refractivity (Wildman–Crippen MR) is 107 cm³/mol. The molecule has 30 heavy (non-hydrogen) atoms. The molecule has 0 fully saturated rings. The van der Waals surface area contributed by atoms with Crippen LogP contribution in [-0.2, 0) is 0 Å². The molecule has 150 valence electrons. The monoisotopic (exact) mass is 426 g/mol. The van der Waals surface area contributed by atoms with Crippen molar-refractivity contribution in [3.8, 4) is 34.6 Å². The highest BCUT2D eigenvalue weighted by atomic mass is 35.5. The minimum atomic E-state index is -0.793. The standard InChI is InChI=1S/C21H13ClF2N4O2/c1-29-21-17-18(12-5-7-13(8-6-12)30-10-9-25)27-28(19(17)14(22)11-26-21)20-15(23)3-2-4-16(20)24/h2-8,11H,10H2,1H3. The fourth-order valence-electron chi connectivity index (χ4n) is 3.12. The van der Waals surface area contributed by atoms with Crippen molar-refractivity contribution in [2.75, 3.05) is 13.7 Å². The zero-order valence-corrected chi connectivity index (χ0v) is 16.3. The smallest absolute Gasteiger partial charge is 0.225 e. The van der Waals surface area contributed by atoms with Crippen molar-refractivity contribution in [1.29, 1.82) is 5.26 Å². The summed E-state index contributed by atoms with van der Waals surface area (Å²) < 4.78 is 40.8. The number of hydrogen-bond acceptors (Lipinski definition) is 5. The minimum absolute atomic E-state index is 0.0865. The number of para-hydroxylation sites is 1. The first-order chi connectivity index (χ1) is 14.5. The number of fused-ring (bicyclic) bond motifs is 1. The molecule has 0 aliphatic rings. The second kappa shape index (κ2) is 7.97. The topological polar surface area (TPSA) is 73.0 Å². The fourth-order valence-corrected chi connectivity index (χ4v) is 3.34. The van der Waals surface area contributed by atoms with Gasteiger partial charge in [-0.2, -0.15) is 10.4 Å². The number of nitrogens with zero attached hydrogens (tertiary/aromatic N) is 4. The van der Waals surface area contributed by atoms with Crippen LogP contribution in [0, 0.1) is 23.0 Å². The molecule has 0 aliphatic heterocycles. The molecule has 0 saturated carbocycles. The van der Waals surface area contributed by atoms with Gasteiger partial charge in [-0.15, -0.1) is 0 Å². The first-order valence-corrected chi connectivity index (χ1v) is 9.08. The summed E-state index contributed by atoms with van der Waals surface area (Å²) in [6, 6.07) is 12.2. The van der Waals surface area contributed by atoms with Crippen molar-refractivity contribution in [3.05, 3.63) is 65.3 Å². The Morgan fingerprint density at radius 2 is 1.83 bits per heavy atom. The number of nitriles is 1. The van der Waals surface area contributed by atoms with Crippen molar-refractivity contribution in [1.82, 2.24) is 14.8 Å². The third kappa shape index (κ3) is 3.29. The molecule has 4 rings (SSSR count). The van der Waals surface area contributed by atoms with E-state index in [0.29, 0.717) is 22.4 Å². The van der Waals surface area contributed by atoms with Gasteiger partial charge in [0.05, 0.1) is 23.7 Å². The Morgan fingerprint density at radius 1 is 1.13 bits per heavy atom. The molecule has 0 unspecified atom stereocenters. The highest BCUT2D eigenvalue weighted by Gasteiger charge is 2.24. The van der Waals surface area contributed by atoms with Gasteiger partial charge in [0, 0.05) is 5.56 Å². The van der Waals surface area contributed by atoms with Crippen LogP contribution in [0.1, 0.15) is 0 Å².